The molecule has 1 fully saturated rings. The molecule has 0 aliphatic carbocycles. The van der Waals surface area contributed by atoms with E-state index in [2.05, 4.69) is 12.2 Å². The molecule has 0 radical (unpaired) electrons. The summed E-state index contributed by atoms with van der Waals surface area (Å²) in [6, 6.07) is 15.8. The Morgan fingerprint density at radius 1 is 1.12 bits per heavy atom. The van der Waals surface area contributed by atoms with E-state index in [0.29, 0.717) is 31.1 Å². The average Bonchev–Trinajstić information content (AvgIpc) is 2.67. The lowest BCUT2D eigenvalue weighted by atomic mass is 10.0. The maximum absolute atomic E-state index is 12.8. The zero-order chi connectivity index (χ0) is 18.6. The molecular weight excluding hydrogens is 348 g/mol. The molecule has 0 aromatic heterocycles. The smallest absolute Gasteiger partial charge is 0.251 e. The van der Waals surface area contributed by atoms with Crippen LogP contribution in [0.25, 0.3) is 0 Å². The predicted molar refractivity (Wildman–Crippen MR) is 101 cm³/mol. The number of amides is 1. The molecule has 1 atom stereocenters. The maximum atomic E-state index is 12.8. The Morgan fingerprint density at radius 3 is 2.46 bits per heavy atom. The minimum absolute atomic E-state index is 0.218. The highest BCUT2D eigenvalue weighted by Gasteiger charge is 2.28. The van der Waals surface area contributed by atoms with E-state index in [-0.39, 0.29) is 10.8 Å². The van der Waals surface area contributed by atoms with Crippen LogP contribution in [0.2, 0.25) is 0 Å². The zero-order valence-corrected chi connectivity index (χ0v) is 15.7. The van der Waals surface area contributed by atoms with E-state index in [1.165, 1.54) is 12.1 Å². The normalized spacial score (nSPS) is 18.4. The van der Waals surface area contributed by atoms with Crippen molar-refractivity contribution in [3.63, 3.8) is 0 Å². The topological polar surface area (TPSA) is 66.5 Å². The van der Waals surface area contributed by atoms with Crippen molar-refractivity contribution in [1.29, 1.82) is 0 Å². The molecule has 2 aromatic rings. The highest BCUT2D eigenvalue weighted by molar-refractivity contribution is 7.89. The second-order valence-corrected chi connectivity index (χ2v) is 8.74. The molecule has 1 amide bonds. The number of piperidine rings is 1. The Hall–Kier alpha value is -2.18. The number of hydrogen-bond acceptors (Lipinski definition) is 3. The Kier molecular flexibility index (Phi) is 5.74. The van der Waals surface area contributed by atoms with E-state index in [4.69, 9.17) is 0 Å². The molecule has 1 saturated heterocycles. The van der Waals surface area contributed by atoms with Crippen molar-refractivity contribution in [2.45, 2.75) is 31.2 Å². The molecule has 2 aromatic carbocycles. The van der Waals surface area contributed by atoms with Gasteiger partial charge in [0.25, 0.3) is 5.91 Å². The molecular formula is C20H24N2O3S. The highest BCUT2D eigenvalue weighted by Crippen LogP contribution is 2.23. The van der Waals surface area contributed by atoms with Crippen molar-refractivity contribution < 1.29 is 13.2 Å². The SMILES string of the molecule is CC1CCCN(S(=O)(=O)c2ccc(C(=O)NCc3ccccc3)cc2)C1. The summed E-state index contributed by atoms with van der Waals surface area (Å²) in [4.78, 5) is 12.5. The van der Waals surface area contributed by atoms with E-state index in [1.807, 2.05) is 30.3 Å². The van der Waals surface area contributed by atoms with Crippen molar-refractivity contribution in [2.75, 3.05) is 13.1 Å². The maximum Gasteiger partial charge on any atom is 0.251 e. The van der Waals surface area contributed by atoms with Gasteiger partial charge in [-0.05, 0) is 48.6 Å². The summed E-state index contributed by atoms with van der Waals surface area (Å²) in [7, 11) is -3.49. The fourth-order valence-corrected chi connectivity index (χ4v) is 4.77. The predicted octanol–water partition coefficient (Wildman–Crippen LogP) is 3.04. The highest BCUT2D eigenvalue weighted by atomic mass is 32.2. The molecule has 138 valence electrons. The van der Waals surface area contributed by atoms with Crippen LogP contribution in [0.3, 0.4) is 0 Å². The number of nitrogens with zero attached hydrogens (tertiary/aromatic N) is 1. The van der Waals surface area contributed by atoms with Crippen molar-refractivity contribution in [1.82, 2.24) is 9.62 Å². The number of sulfonamides is 1. The molecule has 5 nitrogen and oxygen atoms in total. The summed E-state index contributed by atoms with van der Waals surface area (Å²) in [6.45, 7) is 3.63. The van der Waals surface area contributed by atoms with Crippen LogP contribution < -0.4 is 5.32 Å². The molecule has 1 aliphatic heterocycles. The van der Waals surface area contributed by atoms with Gasteiger partial charge in [-0.15, -0.1) is 0 Å². The van der Waals surface area contributed by atoms with Crippen molar-refractivity contribution in [3.05, 3.63) is 65.7 Å². The van der Waals surface area contributed by atoms with Gasteiger partial charge in [-0.1, -0.05) is 37.3 Å². The third-order valence-electron chi connectivity index (χ3n) is 4.67. The van der Waals surface area contributed by atoms with Gasteiger partial charge in [0.1, 0.15) is 0 Å². The number of carbonyl (C=O) groups is 1. The lowest BCUT2D eigenvalue weighted by Crippen LogP contribution is -2.39. The number of hydrogen-bond donors (Lipinski definition) is 1. The van der Waals surface area contributed by atoms with Gasteiger partial charge in [0.15, 0.2) is 0 Å². The first-order chi connectivity index (χ1) is 12.5. The average molecular weight is 372 g/mol. The van der Waals surface area contributed by atoms with Gasteiger partial charge in [-0.3, -0.25) is 4.79 Å². The van der Waals surface area contributed by atoms with Gasteiger partial charge < -0.3 is 5.32 Å². The number of rotatable bonds is 5. The first-order valence-electron chi connectivity index (χ1n) is 8.89. The molecule has 1 unspecified atom stereocenters. The molecule has 26 heavy (non-hydrogen) atoms. The van der Waals surface area contributed by atoms with Crippen molar-refractivity contribution in [3.8, 4) is 0 Å². The van der Waals surface area contributed by atoms with Crippen LogP contribution in [0, 0.1) is 5.92 Å². The molecule has 6 heteroatoms. The summed E-state index contributed by atoms with van der Waals surface area (Å²) in [5.74, 6) is 0.158. The first-order valence-corrected chi connectivity index (χ1v) is 10.3. The van der Waals surface area contributed by atoms with Crippen LogP contribution in [-0.2, 0) is 16.6 Å². The third-order valence-corrected chi connectivity index (χ3v) is 6.55. The van der Waals surface area contributed by atoms with Gasteiger partial charge in [-0.25, -0.2) is 8.42 Å². The monoisotopic (exact) mass is 372 g/mol. The number of carbonyl (C=O) groups excluding carboxylic acids is 1. The van der Waals surface area contributed by atoms with Crippen LogP contribution in [0.1, 0.15) is 35.7 Å². The fourth-order valence-electron chi connectivity index (χ4n) is 3.17. The number of nitrogens with one attached hydrogen (secondary N) is 1. The minimum Gasteiger partial charge on any atom is -0.348 e. The van der Waals surface area contributed by atoms with Crippen LogP contribution in [0.15, 0.2) is 59.5 Å². The lowest BCUT2D eigenvalue weighted by Gasteiger charge is -2.30. The Labute approximate surface area is 155 Å². The summed E-state index contributed by atoms with van der Waals surface area (Å²) < 4.78 is 27.0. The molecule has 0 saturated carbocycles. The zero-order valence-electron chi connectivity index (χ0n) is 14.9. The summed E-state index contributed by atoms with van der Waals surface area (Å²) in [6.07, 6.45) is 1.95. The quantitative estimate of drug-likeness (QED) is 0.877. The van der Waals surface area contributed by atoms with Gasteiger partial charge >= 0.3 is 0 Å². The first kappa shape index (κ1) is 18.6. The van der Waals surface area contributed by atoms with Crippen LogP contribution in [-0.4, -0.2) is 31.7 Å². The van der Waals surface area contributed by atoms with E-state index < -0.39 is 10.0 Å². The second kappa shape index (κ2) is 8.01. The molecule has 0 bridgehead atoms. The van der Waals surface area contributed by atoms with Gasteiger partial charge in [0.2, 0.25) is 10.0 Å². The van der Waals surface area contributed by atoms with Crippen LogP contribution >= 0.6 is 0 Å². The standard InChI is InChI=1S/C20H24N2O3S/c1-16-6-5-13-22(15-16)26(24,25)19-11-9-18(10-12-19)20(23)21-14-17-7-3-2-4-8-17/h2-4,7-12,16H,5-6,13-15H2,1H3,(H,21,23). The Morgan fingerprint density at radius 2 is 1.81 bits per heavy atom. The molecule has 0 spiro atoms. The van der Waals surface area contributed by atoms with Gasteiger partial charge in [0.05, 0.1) is 4.90 Å². The molecule has 3 rings (SSSR count). The lowest BCUT2D eigenvalue weighted by molar-refractivity contribution is 0.0951. The minimum atomic E-state index is -3.49. The molecule has 1 aliphatic rings. The Balaban J connectivity index is 1.66. The molecule has 1 heterocycles. The van der Waals surface area contributed by atoms with E-state index in [1.54, 1.807) is 16.4 Å². The van der Waals surface area contributed by atoms with Crippen molar-refractivity contribution >= 4 is 15.9 Å². The van der Waals surface area contributed by atoms with Crippen LogP contribution in [0.4, 0.5) is 0 Å². The van der Waals surface area contributed by atoms with E-state index >= 15 is 0 Å². The summed E-state index contributed by atoms with van der Waals surface area (Å²) >= 11 is 0. The largest absolute Gasteiger partial charge is 0.348 e. The summed E-state index contributed by atoms with van der Waals surface area (Å²) in [5.41, 5.74) is 1.46. The number of benzene rings is 2. The summed E-state index contributed by atoms with van der Waals surface area (Å²) in [5, 5.41) is 2.84. The molecule has 1 N–H and O–H groups in total. The van der Waals surface area contributed by atoms with E-state index in [0.717, 1.165) is 18.4 Å². The van der Waals surface area contributed by atoms with E-state index in [9.17, 15) is 13.2 Å². The van der Waals surface area contributed by atoms with Gasteiger partial charge in [0, 0.05) is 25.2 Å². The second-order valence-electron chi connectivity index (χ2n) is 6.80. The Bertz CT molecular complexity index is 848. The van der Waals surface area contributed by atoms with Crippen LogP contribution in [0.5, 0.6) is 0 Å². The van der Waals surface area contributed by atoms with Crippen molar-refractivity contribution in [2.24, 2.45) is 5.92 Å². The third kappa shape index (κ3) is 4.31. The fraction of sp³-hybridized carbons (Fsp3) is 0.350. The van der Waals surface area contributed by atoms with Gasteiger partial charge in [-0.2, -0.15) is 4.31 Å².